The third-order valence-electron chi connectivity index (χ3n) is 5.34. The predicted octanol–water partition coefficient (Wildman–Crippen LogP) is 6.84. The first-order valence-electron chi connectivity index (χ1n) is 10.0. The molecule has 1 aromatic heterocycles. The molecule has 0 radical (unpaired) electrons. The van der Waals surface area contributed by atoms with Gasteiger partial charge in [-0.2, -0.15) is 0 Å². The smallest absolute Gasteiger partial charge is 0.227 e. The molecule has 0 saturated carbocycles. The summed E-state index contributed by atoms with van der Waals surface area (Å²) in [7, 11) is 1.46. The number of aromatic nitrogens is 1. The van der Waals surface area contributed by atoms with Gasteiger partial charge < -0.3 is 14.9 Å². The maximum Gasteiger partial charge on any atom is 0.227 e. The zero-order chi connectivity index (χ0) is 23.1. The monoisotopic (exact) mass is 446 g/mol. The quantitative estimate of drug-likeness (QED) is 0.307. The summed E-state index contributed by atoms with van der Waals surface area (Å²) in [6.07, 6.45) is 0. The van der Waals surface area contributed by atoms with Crippen LogP contribution in [0.25, 0.3) is 44.8 Å². The lowest BCUT2D eigenvalue weighted by atomic mass is 9.96. The number of fused-ring (bicyclic) bond motifs is 1. The summed E-state index contributed by atoms with van der Waals surface area (Å²) in [4.78, 5) is 4.27. The van der Waals surface area contributed by atoms with Crippen LogP contribution in [0.4, 0.5) is 18.9 Å². The first-order valence-corrected chi connectivity index (χ1v) is 10.0. The number of oxazole rings is 1. The maximum atomic E-state index is 14.9. The predicted molar refractivity (Wildman–Crippen MR) is 121 cm³/mol. The van der Waals surface area contributed by atoms with Crippen molar-refractivity contribution >= 4 is 16.8 Å². The molecular weight excluding hydrogens is 429 g/mol. The van der Waals surface area contributed by atoms with E-state index in [4.69, 9.17) is 14.9 Å². The van der Waals surface area contributed by atoms with Crippen molar-refractivity contribution in [3.63, 3.8) is 0 Å². The van der Waals surface area contributed by atoms with Crippen molar-refractivity contribution in [2.75, 3.05) is 12.8 Å². The standard InChI is InChI=1S/C26H17F3N2O2/c1-32-24-12-20(27)18(15-5-3-7-17(30)9-15)10-19(24)14-4-2-6-16(8-14)26-31-23-11-21(28)22(29)13-25(23)33-26/h2-13H,30H2,1H3. The van der Waals surface area contributed by atoms with Gasteiger partial charge in [-0.25, -0.2) is 18.2 Å². The van der Waals surface area contributed by atoms with Crippen LogP contribution in [-0.4, -0.2) is 12.1 Å². The molecule has 0 bridgehead atoms. The minimum atomic E-state index is -1.01. The fourth-order valence-electron chi connectivity index (χ4n) is 3.74. The van der Waals surface area contributed by atoms with Crippen LogP contribution in [0.2, 0.25) is 0 Å². The second-order valence-corrected chi connectivity index (χ2v) is 7.49. The van der Waals surface area contributed by atoms with Gasteiger partial charge in [0.15, 0.2) is 17.2 Å². The number of ether oxygens (including phenoxy) is 1. The Morgan fingerprint density at radius 3 is 2.21 bits per heavy atom. The molecule has 0 spiro atoms. The summed E-state index contributed by atoms with van der Waals surface area (Å²) in [6, 6.07) is 19.1. The van der Waals surface area contributed by atoms with E-state index in [1.807, 2.05) is 6.07 Å². The van der Waals surface area contributed by atoms with Gasteiger partial charge in [-0.05, 0) is 41.5 Å². The van der Waals surface area contributed by atoms with E-state index in [2.05, 4.69) is 4.98 Å². The Morgan fingerprint density at radius 1 is 0.758 bits per heavy atom. The summed E-state index contributed by atoms with van der Waals surface area (Å²) in [5.74, 6) is -1.90. The van der Waals surface area contributed by atoms with Gasteiger partial charge in [-0.3, -0.25) is 0 Å². The molecule has 164 valence electrons. The zero-order valence-electron chi connectivity index (χ0n) is 17.4. The molecule has 0 unspecified atom stereocenters. The van der Waals surface area contributed by atoms with Crippen molar-refractivity contribution in [2.45, 2.75) is 0 Å². The number of nitrogens with zero attached hydrogens (tertiary/aromatic N) is 1. The van der Waals surface area contributed by atoms with Crippen LogP contribution in [-0.2, 0) is 0 Å². The lowest BCUT2D eigenvalue weighted by molar-refractivity contribution is 0.413. The minimum absolute atomic E-state index is 0.137. The highest BCUT2D eigenvalue weighted by atomic mass is 19.2. The van der Waals surface area contributed by atoms with Crippen molar-refractivity contribution in [2.24, 2.45) is 0 Å². The van der Waals surface area contributed by atoms with Crippen molar-refractivity contribution in [1.29, 1.82) is 0 Å². The number of halogens is 3. The number of benzene rings is 4. The molecule has 33 heavy (non-hydrogen) atoms. The van der Waals surface area contributed by atoms with Crippen LogP contribution in [0.5, 0.6) is 5.75 Å². The normalized spacial score (nSPS) is 11.2. The van der Waals surface area contributed by atoms with Gasteiger partial charge in [-0.1, -0.05) is 24.3 Å². The van der Waals surface area contributed by atoms with E-state index in [-0.39, 0.29) is 17.0 Å². The molecule has 4 nitrogen and oxygen atoms in total. The molecular formula is C26H17F3N2O2. The molecule has 4 aromatic carbocycles. The highest BCUT2D eigenvalue weighted by Gasteiger charge is 2.17. The summed E-state index contributed by atoms with van der Waals surface area (Å²) < 4.78 is 53.0. The fraction of sp³-hybridized carbons (Fsp3) is 0.0385. The Balaban J connectivity index is 1.63. The fourth-order valence-corrected chi connectivity index (χ4v) is 3.74. The molecule has 5 aromatic rings. The van der Waals surface area contributed by atoms with Crippen LogP contribution >= 0.6 is 0 Å². The zero-order valence-corrected chi connectivity index (χ0v) is 17.4. The molecule has 5 rings (SSSR count). The van der Waals surface area contributed by atoms with Gasteiger partial charge in [-0.15, -0.1) is 0 Å². The molecule has 2 N–H and O–H groups in total. The summed E-state index contributed by atoms with van der Waals surface area (Å²) in [5.41, 5.74) is 9.69. The molecule has 0 aliphatic heterocycles. The van der Waals surface area contributed by atoms with Crippen molar-refractivity contribution in [3.8, 4) is 39.5 Å². The third-order valence-corrected chi connectivity index (χ3v) is 5.34. The Morgan fingerprint density at radius 2 is 1.45 bits per heavy atom. The van der Waals surface area contributed by atoms with Crippen LogP contribution in [0.15, 0.2) is 77.2 Å². The van der Waals surface area contributed by atoms with Crippen LogP contribution in [0, 0.1) is 17.5 Å². The van der Waals surface area contributed by atoms with Gasteiger partial charge in [0.1, 0.15) is 17.1 Å². The van der Waals surface area contributed by atoms with E-state index in [1.165, 1.54) is 13.2 Å². The molecule has 0 saturated heterocycles. The Labute approximate surface area is 187 Å². The van der Waals surface area contributed by atoms with E-state index >= 15 is 0 Å². The van der Waals surface area contributed by atoms with Crippen molar-refractivity contribution in [1.82, 2.24) is 4.98 Å². The van der Waals surface area contributed by atoms with Gasteiger partial charge in [0.25, 0.3) is 0 Å². The molecule has 0 atom stereocenters. The van der Waals surface area contributed by atoms with Gasteiger partial charge in [0, 0.05) is 40.6 Å². The van der Waals surface area contributed by atoms with Crippen molar-refractivity contribution in [3.05, 3.63) is 90.2 Å². The van der Waals surface area contributed by atoms with Crippen molar-refractivity contribution < 1.29 is 22.3 Å². The number of anilines is 1. The Kier molecular flexibility index (Phi) is 5.01. The van der Waals surface area contributed by atoms with E-state index in [9.17, 15) is 13.2 Å². The lowest BCUT2D eigenvalue weighted by Crippen LogP contribution is -1.94. The Hall–Kier alpha value is -4.26. The summed E-state index contributed by atoms with van der Waals surface area (Å²) in [5, 5.41) is 0. The van der Waals surface area contributed by atoms with Crippen LogP contribution in [0.3, 0.4) is 0 Å². The highest BCUT2D eigenvalue weighted by Crippen LogP contribution is 2.38. The largest absolute Gasteiger partial charge is 0.496 e. The number of hydrogen-bond donors (Lipinski definition) is 1. The topological polar surface area (TPSA) is 61.3 Å². The second kappa shape index (κ2) is 8.02. The molecule has 0 fully saturated rings. The molecule has 0 amide bonds. The minimum Gasteiger partial charge on any atom is -0.496 e. The maximum absolute atomic E-state index is 14.9. The van der Waals surface area contributed by atoms with Gasteiger partial charge in [0.2, 0.25) is 5.89 Å². The van der Waals surface area contributed by atoms with E-state index in [0.717, 1.165) is 12.1 Å². The molecule has 7 heteroatoms. The molecule has 1 heterocycles. The second-order valence-electron chi connectivity index (χ2n) is 7.49. The lowest BCUT2D eigenvalue weighted by Gasteiger charge is -2.13. The number of hydrogen-bond acceptors (Lipinski definition) is 4. The van der Waals surface area contributed by atoms with Gasteiger partial charge in [0.05, 0.1) is 7.11 Å². The van der Waals surface area contributed by atoms with Crippen LogP contribution < -0.4 is 10.5 Å². The third kappa shape index (κ3) is 3.78. The van der Waals surface area contributed by atoms with E-state index < -0.39 is 17.5 Å². The average Bonchev–Trinajstić information content (AvgIpc) is 3.22. The average molecular weight is 446 g/mol. The first-order chi connectivity index (χ1) is 15.9. The molecule has 0 aliphatic rings. The summed E-state index contributed by atoms with van der Waals surface area (Å²) in [6.45, 7) is 0. The number of rotatable bonds is 4. The molecule has 0 aliphatic carbocycles. The number of nitrogens with two attached hydrogens (primary N) is 1. The first kappa shape index (κ1) is 20.6. The summed E-state index contributed by atoms with van der Waals surface area (Å²) >= 11 is 0. The highest BCUT2D eigenvalue weighted by molar-refractivity contribution is 5.82. The van der Waals surface area contributed by atoms with E-state index in [1.54, 1.807) is 48.5 Å². The number of methoxy groups -OCH3 is 1. The number of nitrogen functional groups attached to an aromatic ring is 1. The van der Waals surface area contributed by atoms with Crippen LogP contribution in [0.1, 0.15) is 0 Å². The SMILES string of the molecule is COc1cc(F)c(-c2cccc(N)c2)cc1-c1cccc(-c2nc3cc(F)c(F)cc3o2)c1. The Bertz CT molecular complexity index is 1470. The van der Waals surface area contributed by atoms with Gasteiger partial charge >= 0.3 is 0 Å². The van der Waals surface area contributed by atoms with E-state index in [0.29, 0.717) is 39.3 Å².